The molecule has 3 N–H and O–H groups in total. The summed E-state index contributed by atoms with van der Waals surface area (Å²) in [7, 11) is 0. The van der Waals surface area contributed by atoms with Crippen molar-refractivity contribution in [3.8, 4) is 0 Å². The molecule has 0 aromatic carbocycles. The number of aliphatic imine (C=N–C) groups is 1. The summed E-state index contributed by atoms with van der Waals surface area (Å²) >= 11 is 1.51. The zero-order valence-corrected chi connectivity index (χ0v) is 10.1. The van der Waals surface area contributed by atoms with Crippen LogP contribution in [0.3, 0.4) is 0 Å². The molecule has 0 aliphatic rings. The quantitative estimate of drug-likeness (QED) is 0.719. The molecule has 1 heterocycles. The lowest BCUT2D eigenvalue weighted by Crippen LogP contribution is -2.19. The van der Waals surface area contributed by atoms with Crippen LogP contribution < -0.4 is 5.73 Å². The largest absolute Gasteiger partial charge is 0.480 e. The highest BCUT2D eigenvalue weighted by molar-refractivity contribution is 7.10. The van der Waals surface area contributed by atoms with E-state index >= 15 is 0 Å². The van der Waals surface area contributed by atoms with Crippen LogP contribution in [-0.2, 0) is 4.79 Å². The first kappa shape index (κ1) is 13.5. The maximum absolute atomic E-state index is 10.8. The number of carboxylic acids is 1. The van der Waals surface area contributed by atoms with Gasteiger partial charge in [0, 0.05) is 17.8 Å². The molecule has 6 heteroatoms. The standard InChI is InChI=1S/C11H15N3O2S/c12-5-1-3-9(11(15)16)13-6-2-4-10-14-7-8-17-10/h2,4,6-9H,1,3,5,12H2,(H,15,16)/b4-2+,13-6?. The first-order valence-electron chi connectivity index (χ1n) is 5.26. The molecule has 0 saturated carbocycles. The molecule has 1 unspecified atom stereocenters. The van der Waals surface area contributed by atoms with E-state index in [0.29, 0.717) is 19.4 Å². The first-order chi connectivity index (χ1) is 8.24. The van der Waals surface area contributed by atoms with Gasteiger partial charge in [0.05, 0.1) is 0 Å². The highest BCUT2D eigenvalue weighted by Crippen LogP contribution is 2.05. The Kier molecular flexibility index (Phi) is 6.13. The first-order valence-corrected chi connectivity index (χ1v) is 6.14. The Balaban J connectivity index is 2.46. The highest BCUT2D eigenvalue weighted by Gasteiger charge is 2.13. The lowest BCUT2D eigenvalue weighted by Gasteiger charge is -2.04. The third-order valence-electron chi connectivity index (χ3n) is 2.01. The van der Waals surface area contributed by atoms with Crippen LogP contribution in [0.4, 0.5) is 0 Å². The third-order valence-corrected chi connectivity index (χ3v) is 2.75. The Bertz CT molecular complexity index is 387. The molecule has 0 spiro atoms. The molecule has 0 aliphatic heterocycles. The molecule has 17 heavy (non-hydrogen) atoms. The fraction of sp³-hybridized carbons (Fsp3) is 0.364. The number of aromatic nitrogens is 1. The molecule has 1 aromatic rings. The average molecular weight is 253 g/mol. The summed E-state index contributed by atoms with van der Waals surface area (Å²) < 4.78 is 0. The van der Waals surface area contributed by atoms with Crippen molar-refractivity contribution in [3.63, 3.8) is 0 Å². The molecule has 0 amide bonds. The summed E-state index contributed by atoms with van der Waals surface area (Å²) in [6.07, 6.45) is 7.81. The Hall–Kier alpha value is -1.53. The Morgan fingerprint density at radius 3 is 3.12 bits per heavy atom. The Labute approximate surface area is 104 Å². The van der Waals surface area contributed by atoms with E-state index in [-0.39, 0.29) is 0 Å². The van der Waals surface area contributed by atoms with Crippen LogP contribution in [0, 0.1) is 0 Å². The average Bonchev–Trinajstić information content (AvgIpc) is 2.80. The minimum absolute atomic E-state index is 0.466. The molecule has 1 rings (SSSR count). The minimum atomic E-state index is -0.919. The summed E-state index contributed by atoms with van der Waals surface area (Å²) in [5, 5.41) is 11.6. The second-order valence-electron chi connectivity index (χ2n) is 3.31. The van der Waals surface area contributed by atoms with Gasteiger partial charge in [-0.2, -0.15) is 0 Å². The number of carboxylic acid groups (broad SMARTS) is 1. The molecule has 5 nitrogen and oxygen atoms in total. The van der Waals surface area contributed by atoms with Crippen LogP contribution in [0.15, 0.2) is 22.6 Å². The summed E-state index contributed by atoms with van der Waals surface area (Å²) in [6.45, 7) is 0.480. The van der Waals surface area contributed by atoms with Gasteiger partial charge < -0.3 is 10.8 Å². The van der Waals surface area contributed by atoms with Gasteiger partial charge in [0.25, 0.3) is 0 Å². The second-order valence-corrected chi connectivity index (χ2v) is 4.24. The molecule has 0 aliphatic carbocycles. The van der Waals surface area contributed by atoms with Crippen molar-refractivity contribution in [2.24, 2.45) is 10.7 Å². The number of carbonyl (C=O) groups is 1. The minimum Gasteiger partial charge on any atom is -0.480 e. The molecule has 0 bridgehead atoms. The summed E-state index contributed by atoms with van der Waals surface area (Å²) in [4.78, 5) is 18.9. The van der Waals surface area contributed by atoms with Gasteiger partial charge in [-0.1, -0.05) is 0 Å². The number of allylic oxidation sites excluding steroid dienone is 1. The molecule has 0 saturated heterocycles. The number of aliphatic carboxylic acids is 1. The van der Waals surface area contributed by atoms with E-state index in [1.54, 1.807) is 18.3 Å². The smallest absolute Gasteiger partial charge is 0.328 e. The maximum Gasteiger partial charge on any atom is 0.328 e. The van der Waals surface area contributed by atoms with E-state index in [1.807, 2.05) is 5.38 Å². The van der Waals surface area contributed by atoms with Gasteiger partial charge in [0.1, 0.15) is 11.0 Å². The molecule has 1 aromatic heterocycles. The fourth-order valence-corrected chi connectivity index (χ4v) is 1.71. The Morgan fingerprint density at radius 2 is 2.53 bits per heavy atom. The predicted octanol–water partition coefficient (Wildman–Crippen LogP) is 1.42. The third kappa shape index (κ3) is 5.37. The van der Waals surface area contributed by atoms with Gasteiger partial charge in [-0.05, 0) is 31.5 Å². The van der Waals surface area contributed by atoms with Crippen molar-refractivity contribution in [2.45, 2.75) is 18.9 Å². The van der Waals surface area contributed by atoms with Gasteiger partial charge in [-0.25, -0.2) is 9.78 Å². The van der Waals surface area contributed by atoms with Crippen LogP contribution in [0.25, 0.3) is 6.08 Å². The molecule has 0 radical (unpaired) electrons. The Morgan fingerprint density at radius 1 is 1.71 bits per heavy atom. The second kappa shape index (κ2) is 7.70. The predicted molar refractivity (Wildman–Crippen MR) is 69.4 cm³/mol. The summed E-state index contributed by atoms with van der Waals surface area (Å²) in [5.74, 6) is -0.919. The summed E-state index contributed by atoms with van der Waals surface area (Å²) in [6, 6.07) is -0.709. The van der Waals surface area contributed by atoms with Crippen molar-refractivity contribution >= 4 is 29.6 Å². The van der Waals surface area contributed by atoms with E-state index in [4.69, 9.17) is 10.8 Å². The molecular formula is C11H15N3O2S. The van der Waals surface area contributed by atoms with E-state index < -0.39 is 12.0 Å². The zero-order valence-electron chi connectivity index (χ0n) is 9.32. The van der Waals surface area contributed by atoms with Crippen molar-refractivity contribution in [3.05, 3.63) is 22.7 Å². The van der Waals surface area contributed by atoms with Crippen LogP contribution in [0.2, 0.25) is 0 Å². The number of hydrogen-bond donors (Lipinski definition) is 2. The fourth-order valence-electron chi connectivity index (χ4n) is 1.17. The van der Waals surface area contributed by atoms with Crippen LogP contribution in [0.5, 0.6) is 0 Å². The van der Waals surface area contributed by atoms with E-state index in [2.05, 4.69) is 9.98 Å². The van der Waals surface area contributed by atoms with Crippen molar-refractivity contribution in [2.75, 3.05) is 6.54 Å². The lowest BCUT2D eigenvalue weighted by molar-refractivity contribution is -0.138. The van der Waals surface area contributed by atoms with Gasteiger partial charge in [0.15, 0.2) is 0 Å². The number of thiazole rings is 1. The highest BCUT2D eigenvalue weighted by atomic mass is 32.1. The van der Waals surface area contributed by atoms with Gasteiger partial charge in [-0.3, -0.25) is 4.99 Å². The molecule has 0 fully saturated rings. The number of rotatable bonds is 7. The van der Waals surface area contributed by atoms with Crippen molar-refractivity contribution in [1.82, 2.24) is 4.98 Å². The number of nitrogens with zero attached hydrogens (tertiary/aromatic N) is 2. The van der Waals surface area contributed by atoms with Crippen LogP contribution in [0.1, 0.15) is 17.8 Å². The summed E-state index contributed by atoms with van der Waals surface area (Å²) in [5.41, 5.74) is 5.33. The monoisotopic (exact) mass is 253 g/mol. The van der Waals surface area contributed by atoms with Crippen LogP contribution >= 0.6 is 11.3 Å². The normalized spacial score (nSPS) is 13.5. The molecular weight excluding hydrogens is 238 g/mol. The lowest BCUT2D eigenvalue weighted by atomic mass is 10.1. The van der Waals surface area contributed by atoms with E-state index in [0.717, 1.165) is 5.01 Å². The van der Waals surface area contributed by atoms with Crippen molar-refractivity contribution in [1.29, 1.82) is 0 Å². The number of hydrogen-bond acceptors (Lipinski definition) is 5. The van der Waals surface area contributed by atoms with E-state index in [9.17, 15) is 4.79 Å². The SMILES string of the molecule is NCCCC(N=C/C=C/c1nccs1)C(=O)O. The molecule has 92 valence electrons. The maximum atomic E-state index is 10.8. The van der Waals surface area contributed by atoms with E-state index in [1.165, 1.54) is 17.6 Å². The number of nitrogens with two attached hydrogens (primary N) is 1. The van der Waals surface area contributed by atoms with Crippen LogP contribution in [-0.4, -0.2) is 34.9 Å². The van der Waals surface area contributed by atoms with Gasteiger partial charge in [0.2, 0.25) is 0 Å². The van der Waals surface area contributed by atoms with Gasteiger partial charge >= 0.3 is 5.97 Å². The zero-order chi connectivity index (χ0) is 12.5. The van der Waals surface area contributed by atoms with Gasteiger partial charge in [-0.15, -0.1) is 11.3 Å². The van der Waals surface area contributed by atoms with Crippen molar-refractivity contribution < 1.29 is 9.90 Å². The topological polar surface area (TPSA) is 88.6 Å². The molecule has 1 atom stereocenters.